The van der Waals surface area contributed by atoms with Crippen LogP contribution in [-0.4, -0.2) is 29.9 Å². The molecule has 2 amide bonds. The molecule has 30 heavy (non-hydrogen) atoms. The van der Waals surface area contributed by atoms with E-state index < -0.39 is 0 Å². The SMILES string of the molecule is CCNC(=O)COc1cccc(NC(=O)CCc2ncc(-c3ccc(Cl)cc3)o2)c1. The van der Waals surface area contributed by atoms with Gasteiger partial charge in [-0.3, -0.25) is 9.59 Å². The van der Waals surface area contributed by atoms with Gasteiger partial charge in [0, 0.05) is 41.7 Å². The standard InChI is InChI=1S/C22H22ClN3O4/c1-2-24-21(28)14-29-18-5-3-4-17(12-18)26-20(27)10-11-22-25-13-19(30-22)15-6-8-16(23)9-7-15/h3-9,12-13H,2,10-11,14H2,1H3,(H,24,28)(H,26,27). The smallest absolute Gasteiger partial charge is 0.257 e. The Hall–Kier alpha value is -3.32. The molecule has 8 heteroatoms. The average molecular weight is 428 g/mol. The average Bonchev–Trinajstić information content (AvgIpc) is 3.21. The topological polar surface area (TPSA) is 93.5 Å². The van der Waals surface area contributed by atoms with Crippen LogP contribution in [0.2, 0.25) is 5.02 Å². The lowest BCUT2D eigenvalue weighted by atomic mass is 10.2. The number of ether oxygens (including phenoxy) is 1. The molecule has 0 aliphatic carbocycles. The number of carbonyl (C=O) groups excluding carboxylic acids is 2. The molecule has 1 aromatic heterocycles. The molecule has 0 fully saturated rings. The van der Waals surface area contributed by atoms with E-state index in [9.17, 15) is 9.59 Å². The lowest BCUT2D eigenvalue weighted by Gasteiger charge is -2.09. The molecule has 0 spiro atoms. The molecular weight excluding hydrogens is 406 g/mol. The Labute approximate surface area is 179 Å². The second kappa shape index (κ2) is 10.5. The van der Waals surface area contributed by atoms with E-state index in [1.165, 1.54) is 0 Å². The van der Waals surface area contributed by atoms with Gasteiger partial charge in [-0.1, -0.05) is 17.7 Å². The highest BCUT2D eigenvalue weighted by molar-refractivity contribution is 6.30. The van der Waals surface area contributed by atoms with Crippen LogP contribution in [-0.2, 0) is 16.0 Å². The minimum absolute atomic E-state index is 0.0780. The molecule has 0 radical (unpaired) electrons. The number of halogens is 1. The van der Waals surface area contributed by atoms with E-state index in [1.807, 2.05) is 19.1 Å². The monoisotopic (exact) mass is 427 g/mol. The summed E-state index contributed by atoms with van der Waals surface area (Å²) in [4.78, 5) is 28.0. The van der Waals surface area contributed by atoms with Gasteiger partial charge in [-0.05, 0) is 43.3 Å². The molecule has 3 rings (SSSR count). The van der Waals surface area contributed by atoms with Crippen molar-refractivity contribution >= 4 is 29.1 Å². The maximum absolute atomic E-state index is 12.3. The first-order valence-corrected chi connectivity index (χ1v) is 9.91. The minimum atomic E-state index is -0.198. The molecule has 0 aliphatic heterocycles. The van der Waals surface area contributed by atoms with Crippen LogP contribution in [0.3, 0.4) is 0 Å². The van der Waals surface area contributed by atoms with E-state index >= 15 is 0 Å². The van der Waals surface area contributed by atoms with Gasteiger partial charge in [-0.2, -0.15) is 0 Å². The molecule has 3 aromatic rings. The molecule has 7 nitrogen and oxygen atoms in total. The fraction of sp³-hybridized carbons (Fsp3) is 0.227. The normalized spacial score (nSPS) is 10.5. The van der Waals surface area contributed by atoms with Crippen molar-refractivity contribution in [3.8, 4) is 17.1 Å². The zero-order valence-corrected chi connectivity index (χ0v) is 17.2. The van der Waals surface area contributed by atoms with Crippen molar-refractivity contribution in [3.63, 3.8) is 0 Å². The Morgan fingerprint density at radius 1 is 1.13 bits per heavy atom. The molecule has 2 aromatic carbocycles. The van der Waals surface area contributed by atoms with Gasteiger partial charge in [0.25, 0.3) is 5.91 Å². The number of nitrogens with one attached hydrogen (secondary N) is 2. The first kappa shape index (κ1) is 21.4. The molecule has 0 unspecified atom stereocenters. The highest BCUT2D eigenvalue weighted by Gasteiger charge is 2.10. The minimum Gasteiger partial charge on any atom is -0.484 e. The molecular formula is C22H22ClN3O4. The summed E-state index contributed by atoms with van der Waals surface area (Å²) in [5, 5.41) is 6.11. The van der Waals surface area contributed by atoms with Crippen molar-refractivity contribution in [2.45, 2.75) is 19.8 Å². The van der Waals surface area contributed by atoms with Crippen LogP contribution >= 0.6 is 11.6 Å². The Kier molecular flexibility index (Phi) is 7.45. The number of hydrogen-bond donors (Lipinski definition) is 2. The van der Waals surface area contributed by atoms with Crippen molar-refractivity contribution in [1.29, 1.82) is 0 Å². The van der Waals surface area contributed by atoms with E-state index in [-0.39, 0.29) is 24.8 Å². The molecule has 0 saturated heterocycles. The summed E-state index contributed by atoms with van der Waals surface area (Å²) in [6.07, 6.45) is 2.21. The maximum Gasteiger partial charge on any atom is 0.257 e. The number of benzene rings is 2. The van der Waals surface area contributed by atoms with Gasteiger partial charge in [-0.15, -0.1) is 0 Å². The zero-order valence-electron chi connectivity index (χ0n) is 16.5. The van der Waals surface area contributed by atoms with Crippen molar-refractivity contribution < 1.29 is 18.7 Å². The summed E-state index contributed by atoms with van der Waals surface area (Å²) < 4.78 is 11.1. The molecule has 1 heterocycles. The zero-order chi connectivity index (χ0) is 21.3. The Balaban J connectivity index is 1.49. The van der Waals surface area contributed by atoms with Gasteiger partial charge in [0.1, 0.15) is 5.75 Å². The third-order valence-electron chi connectivity index (χ3n) is 4.11. The van der Waals surface area contributed by atoms with Crippen LogP contribution in [0.5, 0.6) is 5.75 Å². The van der Waals surface area contributed by atoms with Crippen molar-refractivity contribution in [2.75, 3.05) is 18.5 Å². The number of amides is 2. The van der Waals surface area contributed by atoms with E-state index in [0.717, 1.165) is 5.56 Å². The highest BCUT2D eigenvalue weighted by atomic mass is 35.5. The summed E-state index contributed by atoms with van der Waals surface area (Å²) >= 11 is 5.89. The molecule has 0 aliphatic rings. The van der Waals surface area contributed by atoms with Crippen LogP contribution in [0.25, 0.3) is 11.3 Å². The second-order valence-electron chi connectivity index (χ2n) is 6.44. The fourth-order valence-electron chi connectivity index (χ4n) is 2.68. The number of carbonyl (C=O) groups is 2. The van der Waals surface area contributed by atoms with Gasteiger partial charge in [0.15, 0.2) is 18.3 Å². The predicted molar refractivity (Wildman–Crippen MR) is 115 cm³/mol. The number of hydrogen-bond acceptors (Lipinski definition) is 5. The third-order valence-corrected chi connectivity index (χ3v) is 4.36. The van der Waals surface area contributed by atoms with Gasteiger partial charge >= 0.3 is 0 Å². The quantitative estimate of drug-likeness (QED) is 0.536. The number of oxazole rings is 1. The summed E-state index contributed by atoms with van der Waals surface area (Å²) in [5.41, 5.74) is 1.45. The number of anilines is 1. The van der Waals surface area contributed by atoms with Crippen LogP contribution < -0.4 is 15.4 Å². The van der Waals surface area contributed by atoms with E-state index in [4.69, 9.17) is 20.8 Å². The lowest BCUT2D eigenvalue weighted by Crippen LogP contribution is -2.28. The van der Waals surface area contributed by atoms with Crippen molar-refractivity contribution in [3.05, 3.63) is 65.6 Å². The Morgan fingerprint density at radius 2 is 1.93 bits per heavy atom. The molecule has 0 saturated carbocycles. The summed E-state index contributed by atoms with van der Waals surface area (Å²) in [7, 11) is 0. The van der Waals surface area contributed by atoms with E-state index in [1.54, 1.807) is 42.6 Å². The number of likely N-dealkylation sites (N-methyl/N-ethyl adjacent to an activating group) is 1. The summed E-state index contributed by atoms with van der Waals surface area (Å²) in [5.74, 6) is 1.23. The van der Waals surface area contributed by atoms with Gasteiger partial charge < -0.3 is 19.8 Å². The van der Waals surface area contributed by atoms with Crippen molar-refractivity contribution in [2.24, 2.45) is 0 Å². The second-order valence-corrected chi connectivity index (χ2v) is 6.88. The largest absolute Gasteiger partial charge is 0.484 e. The number of nitrogens with zero attached hydrogens (tertiary/aromatic N) is 1. The summed E-state index contributed by atoms with van der Waals surface area (Å²) in [6, 6.07) is 14.1. The van der Waals surface area contributed by atoms with E-state index in [2.05, 4.69) is 15.6 Å². The maximum atomic E-state index is 12.3. The summed E-state index contributed by atoms with van der Waals surface area (Å²) in [6.45, 7) is 2.31. The predicted octanol–water partition coefficient (Wildman–Crippen LogP) is 4.08. The first-order valence-electron chi connectivity index (χ1n) is 9.53. The number of aryl methyl sites for hydroxylation is 1. The third kappa shape index (κ3) is 6.35. The van der Waals surface area contributed by atoms with Gasteiger partial charge in [0.05, 0.1) is 6.20 Å². The van der Waals surface area contributed by atoms with Crippen molar-refractivity contribution in [1.82, 2.24) is 10.3 Å². The molecule has 2 N–H and O–H groups in total. The Morgan fingerprint density at radius 3 is 2.70 bits per heavy atom. The van der Waals surface area contributed by atoms with Crippen LogP contribution in [0.15, 0.2) is 59.1 Å². The van der Waals surface area contributed by atoms with Gasteiger partial charge in [0.2, 0.25) is 5.91 Å². The van der Waals surface area contributed by atoms with Crippen LogP contribution in [0.1, 0.15) is 19.2 Å². The Bertz CT molecular complexity index is 1000. The van der Waals surface area contributed by atoms with E-state index in [0.29, 0.717) is 41.1 Å². The lowest BCUT2D eigenvalue weighted by molar-refractivity contribution is -0.123. The number of aromatic nitrogens is 1. The molecule has 0 atom stereocenters. The fourth-order valence-corrected chi connectivity index (χ4v) is 2.80. The highest BCUT2D eigenvalue weighted by Crippen LogP contribution is 2.23. The van der Waals surface area contributed by atoms with Crippen LogP contribution in [0, 0.1) is 0 Å². The number of rotatable bonds is 9. The first-order chi connectivity index (χ1) is 14.5. The molecule has 156 valence electrons. The van der Waals surface area contributed by atoms with Crippen LogP contribution in [0.4, 0.5) is 5.69 Å². The van der Waals surface area contributed by atoms with Gasteiger partial charge in [-0.25, -0.2) is 4.98 Å². The molecule has 0 bridgehead atoms.